The maximum Gasteiger partial charge on any atom is 0.251 e. The molecule has 2 saturated heterocycles. The molecule has 0 aliphatic carbocycles. The Morgan fingerprint density at radius 2 is 1.96 bits per heavy atom. The van der Waals surface area contributed by atoms with Gasteiger partial charge in [-0.1, -0.05) is 18.2 Å². The van der Waals surface area contributed by atoms with E-state index in [4.69, 9.17) is 0 Å². The number of piperidine rings is 1. The second kappa shape index (κ2) is 6.76. The van der Waals surface area contributed by atoms with E-state index in [1.807, 2.05) is 35.2 Å². The molecule has 1 aromatic heterocycles. The number of benzene rings is 1. The molecule has 2 aliphatic heterocycles. The molecule has 0 bridgehead atoms. The van der Waals surface area contributed by atoms with Gasteiger partial charge in [-0.15, -0.1) is 0 Å². The summed E-state index contributed by atoms with van der Waals surface area (Å²) in [6, 6.07) is 11.6. The number of anilines is 1. The maximum atomic E-state index is 13.3. The van der Waals surface area contributed by atoms with Crippen LogP contribution in [0.15, 0.2) is 30.3 Å². The molecule has 7 heteroatoms. The number of hydrogen-bond donors (Lipinski definition) is 0. The molecule has 2 fully saturated rings. The molecule has 0 N–H and O–H groups in total. The Labute approximate surface area is 156 Å². The monoisotopic (exact) mass is 370 g/mol. The van der Waals surface area contributed by atoms with Gasteiger partial charge in [-0.05, 0) is 18.6 Å². The molecule has 27 heavy (non-hydrogen) atoms. The third-order valence-corrected chi connectivity index (χ3v) is 5.47. The number of nitrogens with zero attached hydrogens (tertiary/aromatic N) is 4. The first-order valence-corrected chi connectivity index (χ1v) is 9.18. The number of carbonyl (C=O) groups is 1. The van der Waals surface area contributed by atoms with Crippen molar-refractivity contribution in [2.75, 3.05) is 31.1 Å². The number of rotatable bonds is 2. The number of hydrogen-bond acceptors (Lipinski definition) is 4. The molecule has 140 valence electrons. The highest BCUT2D eigenvalue weighted by molar-refractivity contribution is 5.84. The zero-order valence-electron chi connectivity index (χ0n) is 14.9. The number of nitriles is 1. The quantitative estimate of drug-likeness (QED) is 0.815. The van der Waals surface area contributed by atoms with Crippen molar-refractivity contribution in [3.8, 4) is 6.07 Å². The number of halogens is 2. The molecular weight excluding hydrogens is 350 g/mol. The van der Waals surface area contributed by atoms with E-state index < -0.39 is 5.92 Å². The molecule has 0 saturated carbocycles. The zero-order chi connectivity index (χ0) is 19.0. The van der Waals surface area contributed by atoms with Gasteiger partial charge in [0.2, 0.25) is 5.91 Å². The molecule has 5 nitrogen and oxygen atoms in total. The SMILES string of the molecule is N#Cc1cc2ccccc2nc1N1CCC(C(=O)N2CCC(F)(F)CC2)C1. The highest BCUT2D eigenvalue weighted by atomic mass is 19.3. The smallest absolute Gasteiger partial charge is 0.251 e. The van der Waals surface area contributed by atoms with Crippen LogP contribution in [0.4, 0.5) is 14.6 Å². The summed E-state index contributed by atoms with van der Waals surface area (Å²) in [7, 11) is 0. The lowest BCUT2D eigenvalue weighted by atomic mass is 10.0. The molecule has 1 unspecified atom stereocenters. The molecule has 4 rings (SSSR count). The van der Waals surface area contributed by atoms with Crippen LogP contribution in [0.2, 0.25) is 0 Å². The van der Waals surface area contributed by atoms with Crippen molar-refractivity contribution < 1.29 is 13.6 Å². The predicted molar refractivity (Wildman–Crippen MR) is 97.5 cm³/mol. The Morgan fingerprint density at radius 3 is 2.70 bits per heavy atom. The predicted octanol–water partition coefficient (Wildman–Crippen LogP) is 3.19. The summed E-state index contributed by atoms with van der Waals surface area (Å²) in [6.45, 7) is 1.31. The van der Waals surface area contributed by atoms with E-state index in [2.05, 4.69) is 11.1 Å². The molecule has 1 aromatic carbocycles. The van der Waals surface area contributed by atoms with Crippen LogP contribution in [0.5, 0.6) is 0 Å². The Kier molecular flexibility index (Phi) is 4.42. The maximum absolute atomic E-state index is 13.3. The number of pyridine rings is 1. The third-order valence-electron chi connectivity index (χ3n) is 5.47. The molecule has 1 amide bonds. The van der Waals surface area contributed by atoms with E-state index in [0.29, 0.717) is 30.9 Å². The van der Waals surface area contributed by atoms with Gasteiger partial charge in [0.1, 0.15) is 11.9 Å². The second-order valence-corrected chi connectivity index (χ2v) is 7.28. The van der Waals surface area contributed by atoms with Crippen molar-refractivity contribution in [2.45, 2.75) is 25.2 Å². The normalized spacial score (nSPS) is 22.0. The molecule has 2 aromatic rings. The average Bonchev–Trinajstić information content (AvgIpc) is 3.16. The van der Waals surface area contributed by atoms with Crippen LogP contribution in [0, 0.1) is 17.2 Å². The molecular formula is C20H20F2N4O. The van der Waals surface area contributed by atoms with E-state index in [1.165, 1.54) is 0 Å². The second-order valence-electron chi connectivity index (χ2n) is 7.28. The van der Waals surface area contributed by atoms with Crippen molar-refractivity contribution in [3.05, 3.63) is 35.9 Å². The lowest BCUT2D eigenvalue weighted by molar-refractivity contribution is -0.140. The number of carbonyl (C=O) groups excluding carboxylic acids is 1. The fourth-order valence-electron chi connectivity index (χ4n) is 3.90. The van der Waals surface area contributed by atoms with Gasteiger partial charge in [0.25, 0.3) is 5.92 Å². The summed E-state index contributed by atoms with van der Waals surface area (Å²) >= 11 is 0. The molecule has 0 radical (unpaired) electrons. The van der Waals surface area contributed by atoms with Crippen LogP contribution in [-0.4, -0.2) is 47.9 Å². The van der Waals surface area contributed by atoms with Crippen molar-refractivity contribution in [1.82, 2.24) is 9.88 Å². The fourth-order valence-corrected chi connectivity index (χ4v) is 3.90. The molecule has 1 atom stereocenters. The number of amides is 1. The lowest BCUT2D eigenvalue weighted by Crippen LogP contribution is -2.45. The van der Waals surface area contributed by atoms with Crippen LogP contribution in [-0.2, 0) is 4.79 Å². The van der Waals surface area contributed by atoms with Gasteiger partial charge in [0, 0.05) is 44.4 Å². The van der Waals surface area contributed by atoms with Crippen LogP contribution < -0.4 is 4.90 Å². The van der Waals surface area contributed by atoms with Gasteiger partial charge in [-0.25, -0.2) is 13.8 Å². The first-order chi connectivity index (χ1) is 13.0. The van der Waals surface area contributed by atoms with E-state index in [9.17, 15) is 18.8 Å². The van der Waals surface area contributed by atoms with Gasteiger partial charge in [0.15, 0.2) is 0 Å². The topological polar surface area (TPSA) is 60.2 Å². The summed E-state index contributed by atoms with van der Waals surface area (Å²) in [4.78, 5) is 20.9. The highest BCUT2D eigenvalue weighted by Crippen LogP contribution is 2.31. The van der Waals surface area contributed by atoms with Crippen LogP contribution in [0.25, 0.3) is 10.9 Å². The Hall–Kier alpha value is -2.75. The minimum Gasteiger partial charge on any atom is -0.355 e. The number of para-hydroxylation sites is 1. The van der Waals surface area contributed by atoms with Gasteiger partial charge >= 0.3 is 0 Å². The number of fused-ring (bicyclic) bond motifs is 1. The van der Waals surface area contributed by atoms with E-state index in [-0.39, 0.29) is 37.8 Å². The Morgan fingerprint density at radius 1 is 1.22 bits per heavy atom. The zero-order valence-corrected chi connectivity index (χ0v) is 14.9. The first kappa shape index (κ1) is 17.7. The molecule has 0 spiro atoms. The van der Waals surface area contributed by atoms with Gasteiger partial charge in [0.05, 0.1) is 17.0 Å². The Balaban J connectivity index is 1.50. The van der Waals surface area contributed by atoms with Crippen LogP contribution in [0.1, 0.15) is 24.8 Å². The van der Waals surface area contributed by atoms with Gasteiger partial charge < -0.3 is 9.80 Å². The lowest BCUT2D eigenvalue weighted by Gasteiger charge is -2.33. The number of alkyl halides is 2. The van der Waals surface area contributed by atoms with Crippen LogP contribution >= 0.6 is 0 Å². The molecule has 3 heterocycles. The summed E-state index contributed by atoms with van der Waals surface area (Å²) in [5.41, 5.74) is 1.29. The number of aromatic nitrogens is 1. The van der Waals surface area contributed by atoms with Crippen molar-refractivity contribution in [2.24, 2.45) is 5.92 Å². The van der Waals surface area contributed by atoms with Gasteiger partial charge in [-0.3, -0.25) is 4.79 Å². The van der Waals surface area contributed by atoms with E-state index in [1.54, 1.807) is 4.90 Å². The summed E-state index contributed by atoms with van der Waals surface area (Å²) in [5.74, 6) is -2.37. The minimum absolute atomic E-state index is 0.0627. The summed E-state index contributed by atoms with van der Waals surface area (Å²) in [5, 5.41) is 10.4. The summed E-state index contributed by atoms with van der Waals surface area (Å²) < 4.78 is 26.7. The van der Waals surface area contributed by atoms with Crippen LogP contribution in [0.3, 0.4) is 0 Å². The summed E-state index contributed by atoms with van der Waals surface area (Å²) in [6.07, 6.45) is 0.116. The van der Waals surface area contributed by atoms with Crippen molar-refractivity contribution >= 4 is 22.6 Å². The Bertz CT molecular complexity index is 914. The minimum atomic E-state index is -2.66. The fraction of sp³-hybridized carbons (Fsp3) is 0.450. The average molecular weight is 370 g/mol. The molecule has 2 aliphatic rings. The standard InChI is InChI=1S/C20H20F2N4O/c21-20(22)6-9-25(10-7-20)19(27)15-5-8-26(13-15)18-16(12-23)11-14-3-1-2-4-17(14)24-18/h1-4,11,15H,5-10,13H2. The first-order valence-electron chi connectivity index (χ1n) is 9.18. The van der Waals surface area contributed by atoms with Crippen molar-refractivity contribution in [1.29, 1.82) is 5.26 Å². The van der Waals surface area contributed by atoms with E-state index >= 15 is 0 Å². The van der Waals surface area contributed by atoms with E-state index in [0.717, 1.165) is 10.9 Å². The largest absolute Gasteiger partial charge is 0.355 e. The van der Waals surface area contributed by atoms with Crippen molar-refractivity contribution in [3.63, 3.8) is 0 Å². The highest BCUT2D eigenvalue weighted by Gasteiger charge is 2.39. The third kappa shape index (κ3) is 3.44. The number of likely N-dealkylation sites (tertiary alicyclic amines) is 1. The van der Waals surface area contributed by atoms with Gasteiger partial charge in [-0.2, -0.15) is 5.26 Å².